The fraction of sp³-hybridized carbons (Fsp3) is 0.250. The number of aliphatic hydroxyl groups excluding tert-OH is 1. The van der Waals surface area contributed by atoms with Crippen LogP contribution in [0.25, 0.3) is 11.1 Å². The predicted molar refractivity (Wildman–Crippen MR) is 116 cm³/mol. The molecule has 0 unspecified atom stereocenters. The largest absolute Gasteiger partial charge is 0.457 e. The van der Waals surface area contributed by atoms with Crippen molar-refractivity contribution in [2.24, 2.45) is 0 Å². The Hall–Kier alpha value is -2.33. The van der Waals surface area contributed by atoms with Gasteiger partial charge in [-0.1, -0.05) is 54.6 Å². The summed E-state index contributed by atoms with van der Waals surface area (Å²) in [5, 5.41) is 9.45. The van der Waals surface area contributed by atoms with Crippen LogP contribution in [-0.4, -0.2) is 29.2 Å². The van der Waals surface area contributed by atoms with E-state index in [1.165, 1.54) is 23.1 Å². The molecule has 1 fully saturated rings. The van der Waals surface area contributed by atoms with Gasteiger partial charge in [0.05, 0.1) is 6.61 Å². The van der Waals surface area contributed by atoms with Crippen molar-refractivity contribution in [3.8, 4) is 22.6 Å². The van der Waals surface area contributed by atoms with Crippen LogP contribution in [0.4, 0.5) is 0 Å². The van der Waals surface area contributed by atoms with Crippen molar-refractivity contribution in [2.75, 3.05) is 13.2 Å². The van der Waals surface area contributed by atoms with E-state index in [2.05, 4.69) is 41.3 Å². The molecule has 0 bridgehead atoms. The molecule has 4 heteroatoms. The first-order valence-electron chi connectivity index (χ1n) is 9.59. The van der Waals surface area contributed by atoms with Crippen LogP contribution in [0.15, 0.2) is 78.9 Å². The van der Waals surface area contributed by atoms with Gasteiger partial charge in [0.15, 0.2) is 0 Å². The number of aliphatic hydroxyl groups is 1. The van der Waals surface area contributed by atoms with E-state index in [1.807, 2.05) is 42.5 Å². The minimum atomic E-state index is 0. The highest BCUT2D eigenvalue weighted by Gasteiger charge is 2.23. The second kappa shape index (κ2) is 9.74. The Labute approximate surface area is 173 Å². The van der Waals surface area contributed by atoms with Gasteiger partial charge in [-0.15, -0.1) is 12.4 Å². The summed E-state index contributed by atoms with van der Waals surface area (Å²) in [7, 11) is 0. The van der Waals surface area contributed by atoms with Crippen LogP contribution in [0.5, 0.6) is 11.5 Å². The fourth-order valence-corrected chi connectivity index (χ4v) is 3.69. The second-order valence-corrected chi connectivity index (χ2v) is 7.09. The highest BCUT2D eigenvalue weighted by molar-refractivity contribution is 5.85. The number of ether oxygens (including phenoxy) is 1. The number of hydrogen-bond donors (Lipinski definition) is 1. The van der Waals surface area contributed by atoms with Crippen molar-refractivity contribution < 1.29 is 9.84 Å². The first-order chi connectivity index (χ1) is 13.3. The summed E-state index contributed by atoms with van der Waals surface area (Å²) in [5.74, 6) is 1.67. The van der Waals surface area contributed by atoms with Crippen molar-refractivity contribution in [1.29, 1.82) is 0 Å². The van der Waals surface area contributed by atoms with Gasteiger partial charge >= 0.3 is 0 Å². The molecule has 0 radical (unpaired) electrons. The van der Waals surface area contributed by atoms with Crippen molar-refractivity contribution in [1.82, 2.24) is 4.90 Å². The van der Waals surface area contributed by atoms with Crippen LogP contribution in [-0.2, 0) is 6.54 Å². The van der Waals surface area contributed by atoms with Crippen molar-refractivity contribution in [2.45, 2.75) is 25.4 Å². The molecule has 0 saturated carbocycles. The van der Waals surface area contributed by atoms with Gasteiger partial charge in [-0.25, -0.2) is 0 Å². The smallest absolute Gasteiger partial charge is 0.127 e. The molecule has 3 nitrogen and oxygen atoms in total. The molecule has 1 atom stereocenters. The lowest BCUT2D eigenvalue weighted by Gasteiger charge is -2.22. The molecule has 4 rings (SSSR count). The molecule has 28 heavy (non-hydrogen) atoms. The van der Waals surface area contributed by atoms with Crippen molar-refractivity contribution >= 4 is 12.4 Å². The summed E-state index contributed by atoms with van der Waals surface area (Å²) >= 11 is 0. The molecule has 0 amide bonds. The Morgan fingerprint density at radius 1 is 0.821 bits per heavy atom. The van der Waals surface area contributed by atoms with Gasteiger partial charge in [-0.2, -0.15) is 0 Å². The quantitative estimate of drug-likeness (QED) is 0.596. The molecule has 146 valence electrons. The Morgan fingerprint density at radius 2 is 1.43 bits per heavy atom. The lowest BCUT2D eigenvalue weighted by molar-refractivity contribution is 0.153. The summed E-state index contributed by atoms with van der Waals surface area (Å²) in [6.07, 6.45) is 2.27. The standard InChI is InChI=1S/C24H25NO2.ClH/c26-18-22-7-4-16-25(22)17-19-8-12-23(13-9-19)27-24-14-10-21(11-15-24)20-5-2-1-3-6-20;/h1-3,5-6,8-15,22,26H,4,7,16-18H2;1H/t22-;/m1./s1. The topological polar surface area (TPSA) is 32.7 Å². The number of nitrogens with zero attached hydrogens (tertiary/aromatic N) is 1. The van der Waals surface area contributed by atoms with Gasteiger partial charge < -0.3 is 9.84 Å². The molecule has 1 saturated heterocycles. The number of hydrogen-bond acceptors (Lipinski definition) is 3. The fourth-order valence-electron chi connectivity index (χ4n) is 3.69. The van der Waals surface area contributed by atoms with Gasteiger partial charge in [0.2, 0.25) is 0 Å². The van der Waals surface area contributed by atoms with E-state index in [1.54, 1.807) is 0 Å². The summed E-state index contributed by atoms with van der Waals surface area (Å²) in [6, 6.07) is 27.1. The van der Waals surface area contributed by atoms with E-state index in [0.29, 0.717) is 6.04 Å². The third-order valence-electron chi connectivity index (χ3n) is 5.22. The zero-order chi connectivity index (χ0) is 18.5. The lowest BCUT2D eigenvalue weighted by Crippen LogP contribution is -2.31. The van der Waals surface area contributed by atoms with E-state index in [9.17, 15) is 5.11 Å². The van der Waals surface area contributed by atoms with Crippen LogP contribution in [0, 0.1) is 0 Å². The van der Waals surface area contributed by atoms with Crippen LogP contribution < -0.4 is 4.74 Å². The molecule has 3 aromatic carbocycles. The first kappa shape index (κ1) is 20.4. The molecule has 1 aliphatic rings. The number of benzene rings is 3. The van der Waals surface area contributed by atoms with Crippen molar-refractivity contribution in [3.05, 3.63) is 84.4 Å². The normalized spacial score (nSPS) is 16.5. The average Bonchev–Trinajstić information content (AvgIpc) is 3.18. The third-order valence-corrected chi connectivity index (χ3v) is 5.22. The highest BCUT2D eigenvalue weighted by Crippen LogP contribution is 2.26. The van der Waals surface area contributed by atoms with E-state index in [-0.39, 0.29) is 19.0 Å². The van der Waals surface area contributed by atoms with Gasteiger partial charge in [0.25, 0.3) is 0 Å². The van der Waals surface area contributed by atoms with E-state index >= 15 is 0 Å². The summed E-state index contributed by atoms with van der Waals surface area (Å²) < 4.78 is 5.98. The van der Waals surface area contributed by atoms with Crippen molar-refractivity contribution in [3.63, 3.8) is 0 Å². The van der Waals surface area contributed by atoms with Gasteiger partial charge in [0.1, 0.15) is 11.5 Å². The molecule has 0 spiro atoms. The summed E-state index contributed by atoms with van der Waals surface area (Å²) in [6.45, 7) is 2.20. The van der Waals surface area contributed by atoms with Crippen LogP contribution in [0.3, 0.4) is 0 Å². The van der Waals surface area contributed by atoms with E-state index in [0.717, 1.165) is 31.0 Å². The van der Waals surface area contributed by atoms with E-state index < -0.39 is 0 Å². The Bertz CT molecular complexity index is 850. The highest BCUT2D eigenvalue weighted by atomic mass is 35.5. The number of halogens is 1. The Balaban J connectivity index is 0.00000225. The number of likely N-dealkylation sites (tertiary alicyclic amines) is 1. The maximum atomic E-state index is 9.45. The molecule has 1 N–H and O–H groups in total. The number of rotatable bonds is 6. The average molecular weight is 396 g/mol. The van der Waals surface area contributed by atoms with E-state index in [4.69, 9.17) is 4.74 Å². The van der Waals surface area contributed by atoms with Gasteiger partial charge in [-0.3, -0.25) is 4.90 Å². The maximum absolute atomic E-state index is 9.45. The third kappa shape index (κ3) is 4.93. The zero-order valence-corrected chi connectivity index (χ0v) is 16.6. The molecule has 1 heterocycles. The van der Waals surface area contributed by atoms with Crippen LogP contribution >= 0.6 is 12.4 Å². The van der Waals surface area contributed by atoms with Gasteiger partial charge in [-0.05, 0) is 60.3 Å². The SMILES string of the molecule is Cl.OC[C@H]1CCCN1Cc1ccc(Oc2ccc(-c3ccccc3)cc2)cc1. The molecule has 0 aliphatic carbocycles. The Kier molecular flexibility index (Phi) is 7.10. The zero-order valence-electron chi connectivity index (χ0n) is 15.8. The Morgan fingerprint density at radius 3 is 2.07 bits per heavy atom. The minimum Gasteiger partial charge on any atom is -0.457 e. The first-order valence-corrected chi connectivity index (χ1v) is 9.59. The molecule has 3 aromatic rings. The molecular weight excluding hydrogens is 370 g/mol. The second-order valence-electron chi connectivity index (χ2n) is 7.09. The lowest BCUT2D eigenvalue weighted by atomic mass is 10.1. The van der Waals surface area contributed by atoms with Crippen LogP contribution in [0.1, 0.15) is 18.4 Å². The maximum Gasteiger partial charge on any atom is 0.127 e. The molecule has 0 aromatic heterocycles. The summed E-state index contributed by atoms with van der Waals surface area (Å²) in [5.41, 5.74) is 3.64. The molecular formula is C24H26ClNO2. The predicted octanol–water partition coefficient (Wildman–Crippen LogP) is 5.52. The minimum absolute atomic E-state index is 0. The monoisotopic (exact) mass is 395 g/mol. The van der Waals surface area contributed by atoms with Crippen LogP contribution in [0.2, 0.25) is 0 Å². The van der Waals surface area contributed by atoms with Gasteiger partial charge in [0, 0.05) is 12.6 Å². The molecule has 1 aliphatic heterocycles. The summed E-state index contributed by atoms with van der Waals surface area (Å²) in [4.78, 5) is 2.36.